The molecule has 0 saturated carbocycles. The Labute approximate surface area is 177 Å². The Bertz CT molecular complexity index is 1220. The summed E-state index contributed by atoms with van der Waals surface area (Å²) in [4.78, 5) is 42.4. The van der Waals surface area contributed by atoms with Crippen LogP contribution in [-0.2, 0) is 9.59 Å². The fraction of sp³-hybridized carbons (Fsp3) is 0.0870. The van der Waals surface area contributed by atoms with E-state index in [2.05, 4.69) is 4.98 Å². The smallest absolute Gasteiger partial charge is 0.301 e. The minimum atomic E-state index is -1.21. The Morgan fingerprint density at radius 3 is 2.35 bits per heavy atom. The van der Waals surface area contributed by atoms with Gasteiger partial charge in [0.15, 0.2) is 0 Å². The molecule has 0 radical (unpaired) electrons. The van der Waals surface area contributed by atoms with Gasteiger partial charge in [0.05, 0.1) is 16.1 Å². The molecule has 154 valence electrons. The van der Waals surface area contributed by atoms with Gasteiger partial charge in [-0.05, 0) is 25.1 Å². The maximum Gasteiger partial charge on any atom is 0.301 e. The van der Waals surface area contributed by atoms with E-state index in [4.69, 9.17) is 0 Å². The number of pyridine rings is 1. The van der Waals surface area contributed by atoms with Crippen LogP contribution in [0.3, 0.4) is 0 Å². The number of amides is 1. The molecular formula is C23H17N3O5. The monoisotopic (exact) mass is 415 g/mol. The third-order valence-electron chi connectivity index (χ3n) is 5.09. The summed E-state index contributed by atoms with van der Waals surface area (Å²) in [5.41, 5.74) is 0.874. The van der Waals surface area contributed by atoms with Crippen molar-refractivity contribution in [3.05, 3.63) is 105 Å². The van der Waals surface area contributed by atoms with Gasteiger partial charge in [-0.1, -0.05) is 48.0 Å². The molecule has 0 aliphatic carbocycles. The molecule has 1 fully saturated rings. The van der Waals surface area contributed by atoms with Crippen LogP contribution in [0.2, 0.25) is 0 Å². The van der Waals surface area contributed by atoms with E-state index >= 15 is 0 Å². The van der Waals surface area contributed by atoms with Crippen molar-refractivity contribution in [2.45, 2.75) is 13.0 Å². The van der Waals surface area contributed by atoms with E-state index in [9.17, 15) is 24.8 Å². The summed E-state index contributed by atoms with van der Waals surface area (Å²) in [7, 11) is 0. The maximum atomic E-state index is 13.0. The van der Waals surface area contributed by atoms with Gasteiger partial charge in [0.25, 0.3) is 11.5 Å². The molecule has 1 N–H and O–H groups in total. The highest BCUT2D eigenvalue weighted by Gasteiger charge is 2.49. The SMILES string of the molecule is Cc1ccc(C(O)=C2C(=O)C(=O)N(c3ccccn3)C2c2ccccc2[N+](=O)[O-])cc1. The summed E-state index contributed by atoms with van der Waals surface area (Å²) >= 11 is 0. The lowest BCUT2D eigenvalue weighted by atomic mass is 9.94. The number of benzene rings is 2. The van der Waals surface area contributed by atoms with Crippen molar-refractivity contribution in [1.29, 1.82) is 0 Å². The average molecular weight is 415 g/mol. The quantitative estimate of drug-likeness (QED) is 0.227. The van der Waals surface area contributed by atoms with Crippen molar-refractivity contribution in [1.82, 2.24) is 4.98 Å². The second kappa shape index (κ2) is 7.83. The molecule has 8 nitrogen and oxygen atoms in total. The topological polar surface area (TPSA) is 114 Å². The fourth-order valence-corrected chi connectivity index (χ4v) is 3.61. The molecule has 4 rings (SSSR count). The first kappa shape index (κ1) is 20.0. The first-order valence-corrected chi connectivity index (χ1v) is 9.42. The number of rotatable bonds is 4. The van der Waals surface area contributed by atoms with Crippen molar-refractivity contribution < 1.29 is 19.6 Å². The lowest BCUT2D eigenvalue weighted by Crippen LogP contribution is -2.30. The van der Waals surface area contributed by atoms with Crippen LogP contribution in [0.25, 0.3) is 5.76 Å². The molecule has 1 aromatic heterocycles. The number of ketones is 1. The first-order valence-electron chi connectivity index (χ1n) is 9.42. The molecule has 1 aliphatic rings. The van der Waals surface area contributed by atoms with Crippen LogP contribution in [-0.4, -0.2) is 26.7 Å². The number of aliphatic hydroxyl groups is 1. The van der Waals surface area contributed by atoms with Crippen LogP contribution in [0.15, 0.2) is 78.5 Å². The summed E-state index contributed by atoms with van der Waals surface area (Å²) in [6.45, 7) is 1.87. The van der Waals surface area contributed by atoms with Crippen LogP contribution >= 0.6 is 0 Å². The molecule has 2 aromatic carbocycles. The normalized spacial score (nSPS) is 17.7. The minimum absolute atomic E-state index is 0.103. The van der Waals surface area contributed by atoms with E-state index in [0.717, 1.165) is 10.5 Å². The van der Waals surface area contributed by atoms with Gasteiger partial charge in [-0.25, -0.2) is 4.98 Å². The van der Waals surface area contributed by atoms with Crippen LogP contribution in [0.1, 0.15) is 22.7 Å². The van der Waals surface area contributed by atoms with E-state index in [1.807, 2.05) is 6.92 Å². The fourth-order valence-electron chi connectivity index (χ4n) is 3.61. The molecule has 1 unspecified atom stereocenters. The van der Waals surface area contributed by atoms with Crippen LogP contribution < -0.4 is 4.90 Å². The number of aryl methyl sites for hydroxylation is 1. The molecule has 1 amide bonds. The predicted octanol–water partition coefficient (Wildman–Crippen LogP) is 3.92. The lowest BCUT2D eigenvalue weighted by molar-refractivity contribution is -0.385. The Kier molecular flexibility index (Phi) is 5.04. The summed E-state index contributed by atoms with van der Waals surface area (Å²) < 4.78 is 0. The zero-order chi connectivity index (χ0) is 22.1. The van der Waals surface area contributed by atoms with Gasteiger partial charge in [-0.2, -0.15) is 0 Å². The number of carbonyl (C=O) groups excluding carboxylic acids is 2. The number of nitro groups is 1. The van der Waals surface area contributed by atoms with Crippen LogP contribution in [0.4, 0.5) is 11.5 Å². The Morgan fingerprint density at radius 2 is 1.71 bits per heavy atom. The van der Waals surface area contributed by atoms with E-state index in [0.29, 0.717) is 5.56 Å². The number of aromatic nitrogens is 1. The highest BCUT2D eigenvalue weighted by molar-refractivity contribution is 6.51. The van der Waals surface area contributed by atoms with E-state index in [1.54, 1.807) is 42.5 Å². The van der Waals surface area contributed by atoms with Gasteiger partial charge in [0.2, 0.25) is 0 Å². The zero-order valence-electron chi connectivity index (χ0n) is 16.4. The molecule has 3 aromatic rings. The molecular weight excluding hydrogens is 398 g/mol. The van der Waals surface area contributed by atoms with E-state index < -0.39 is 28.4 Å². The minimum Gasteiger partial charge on any atom is -0.507 e. The highest BCUT2D eigenvalue weighted by atomic mass is 16.6. The second-order valence-corrected chi connectivity index (χ2v) is 7.04. The number of hydrogen-bond acceptors (Lipinski definition) is 6. The van der Waals surface area contributed by atoms with E-state index in [1.165, 1.54) is 30.5 Å². The second-order valence-electron chi connectivity index (χ2n) is 7.04. The predicted molar refractivity (Wildman–Crippen MR) is 113 cm³/mol. The van der Waals surface area contributed by atoms with Crippen molar-refractivity contribution in [2.24, 2.45) is 0 Å². The third-order valence-corrected chi connectivity index (χ3v) is 5.09. The van der Waals surface area contributed by atoms with Gasteiger partial charge in [-0.3, -0.25) is 24.6 Å². The van der Waals surface area contributed by atoms with Crippen LogP contribution in [0, 0.1) is 17.0 Å². The van der Waals surface area contributed by atoms with E-state index in [-0.39, 0.29) is 22.6 Å². The Morgan fingerprint density at radius 1 is 1.03 bits per heavy atom. The largest absolute Gasteiger partial charge is 0.507 e. The van der Waals surface area contributed by atoms with Gasteiger partial charge < -0.3 is 5.11 Å². The van der Waals surface area contributed by atoms with Crippen molar-refractivity contribution in [3.8, 4) is 0 Å². The van der Waals surface area contributed by atoms with Crippen molar-refractivity contribution >= 4 is 29.0 Å². The number of hydrogen-bond donors (Lipinski definition) is 1. The number of carbonyl (C=O) groups is 2. The molecule has 1 atom stereocenters. The summed E-state index contributed by atoms with van der Waals surface area (Å²) in [6, 6.07) is 16.2. The highest BCUT2D eigenvalue weighted by Crippen LogP contribution is 2.44. The molecule has 31 heavy (non-hydrogen) atoms. The molecule has 0 bridgehead atoms. The number of nitrogens with zero attached hydrogens (tertiary/aromatic N) is 3. The van der Waals surface area contributed by atoms with Crippen LogP contribution in [0.5, 0.6) is 0 Å². The molecule has 1 aliphatic heterocycles. The number of Topliss-reactive ketones (excluding diaryl/α,β-unsaturated/α-hetero) is 1. The van der Waals surface area contributed by atoms with Gasteiger partial charge in [-0.15, -0.1) is 0 Å². The Balaban J connectivity index is 2.01. The molecule has 2 heterocycles. The number of para-hydroxylation sites is 1. The van der Waals surface area contributed by atoms with Crippen molar-refractivity contribution in [2.75, 3.05) is 4.90 Å². The standard InChI is InChI=1S/C23H17N3O5/c1-14-9-11-15(12-10-14)21(27)19-20(16-6-2-3-7-17(16)26(30)31)25(23(29)22(19)28)18-8-4-5-13-24-18/h2-13,20,27H,1H3. The number of aliphatic hydroxyl groups excluding tert-OH is 1. The first-order chi connectivity index (χ1) is 14.9. The number of nitro benzene ring substituents is 1. The Hall–Kier alpha value is -4.33. The maximum absolute atomic E-state index is 13.0. The third kappa shape index (κ3) is 3.44. The summed E-state index contributed by atoms with van der Waals surface area (Å²) in [6.07, 6.45) is 1.45. The average Bonchev–Trinajstić information content (AvgIpc) is 3.05. The zero-order valence-corrected chi connectivity index (χ0v) is 16.4. The molecule has 0 spiro atoms. The lowest BCUT2D eigenvalue weighted by Gasteiger charge is -2.24. The molecule has 1 saturated heterocycles. The summed E-state index contributed by atoms with van der Waals surface area (Å²) in [5.74, 6) is -2.11. The number of anilines is 1. The van der Waals surface area contributed by atoms with Gasteiger partial charge in [0, 0.05) is 17.8 Å². The summed E-state index contributed by atoms with van der Waals surface area (Å²) in [5, 5.41) is 22.7. The van der Waals surface area contributed by atoms with Crippen molar-refractivity contribution in [3.63, 3.8) is 0 Å². The van der Waals surface area contributed by atoms with Gasteiger partial charge >= 0.3 is 5.91 Å². The van der Waals surface area contributed by atoms with Gasteiger partial charge in [0.1, 0.15) is 17.6 Å². The molecule has 8 heteroatoms.